The summed E-state index contributed by atoms with van der Waals surface area (Å²) in [5.74, 6) is 6.98. The van der Waals surface area contributed by atoms with Crippen molar-refractivity contribution in [3.05, 3.63) is 35.4 Å². The van der Waals surface area contributed by atoms with Crippen molar-refractivity contribution >= 4 is 0 Å². The highest BCUT2D eigenvalue weighted by molar-refractivity contribution is 5.37. The molecule has 0 saturated heterocycles. The lowest BCUT2D eigenvalue weighted by Gasteiger charge is -2.16. The van der Waals surface area contributed by atoms with Gasteiger partial charge < -0.3 is 10.0 Å². The van der Waals surface area contributed by atoms with Gasteiger partial charge in [-0.05, 0) is 43.5 Å². The van der Waals surface area contributed by atoms with Crippen molar-refractivity contribution in [3.63, 3.8) is 0 Å². The van der Waals surface area contributed by atoms with Crippen LogP contribution in [-0.4, -0.2) is 30.2 Å². The molecule has 0 aliphatic heterocycles. The quantitative estimate of drug-likeness (QED) is 0.802. The van der Waals surface area contributed by atoms with E-state index in [1.165, 1.54) is 24.9 Å². The average Bonchev–Trinajstić information content (AvgIpc) is 3.13. The van der Waals surface area contributed by atoms with Crippen LogP contribution in [0.1, 0.15) is 30.4 Å². The van der Waals surface area contributed by atoms with Crippen LogP contribution >= 0.6 is 0 Å². The Morgan fingerprint density at radius 3 is 2.94 bits per heavy atom. The van der Waals surface area contributed by atoms with Gasteiger partial charge in [0.2, 0.25) is 0 Å². The van der Waals surface area contributed by atoms with E-state index < -0.39 is 0 Å². The number of nitrogens with zero attached hydrogens (tertiary/aromatic N) is 1. The Bertz CT molecular complexity index is 440. The molecular weight excluding hydrogens is 222 g/mol. The molecule has 18 heavy (non-hydrogen) atoms. The van der Waals surface area contributed by atoms with Gasteiger partial charge in [-0.3, -0.25) is 0 Å². The maximum absolute atomic E-state index is 8.70. The number of rotatable bonds is 5. The Morgan fingerprint density at radius 2 is 2.22 bits per heavy atom. The van der Waals surface area contributed by atoms with E-state index in [1.54, 1.807) is 0 Å². The second kappa shape index (κ2) is 6.58. The number of benzene rings is 1. The first kappa shape index (κ1) is 13.1. The number of hydrogen-bond donors (Lipinski definition) is 1. The fraction of sp³-hybridized carbons (Fsp3) is 0.500. The summed E-state index contributed by atoms with van der Waals surface area (Å²) in [4.78, 5) is 2.39. The third kappa shape index (κ3) is 4.52. The third-order valence-corrected chi connectivity index (χ3v) is 3.12. The zero-order valence-corrected chi connectivity index (χ0v) is 11.0. The molecular formula is C16H21NO. The van der Waals surface area contributed by atoms with E-state index in [0.717, 1.165) is 18.0 Å². The number of aliphatic hydroxyl groups excluding tert-OH is 1. The summed E-state index contributed by atoms with van der Waals surface area (Å²) in [5, 5.41) is 8.70. The maximum Gasteiger partial charge on any atom is 0.0540 e. The Labute approximate surface area is 110 Å². The predicted octanol–water partition coefficient (Wildman–Crippen LogP) is 2.26. The molecule has 0 amide bonds. The zero-order valence-electron chi connectivity index (χ0n) is 11.0. The van der Waals surface area contributed by atoms with Crippen LogP contribution in [0.2, 0.25) is 0 Å². The van der Waals surface area contributed by atoms with Crippen LogP contribution in [0.3, 0.4) is 0 Å². The second-order valence-corrected chi connectivity index (χ2v) is 5.12. The summed E-state index contributed by atoms with van der Waals surface area (Å²) < 4.78 is 0. The molecule has 1 saturated carbocycles. The van der Waals surface area contributed by atoms with Gasteiger partial charge in [0.25, 0.3) is 0 Å². The molecule has 1 aromatic rings. The molecule has 1 N–H and O–H groups in total. The van der Waals surface area contributed by atoms with E-state index in [0.29, 0.717) is 6.42 Å². The fourth-order valence-electron chi connectivity index (χ4n) is 2.09. The van der Waals surface area contributed by atoms with Crippen LogP contribution in [0, 0.1) is 17.8 Å². The van der Waals surface area contributed by atoms with Crippen LogP contribution in [0.4, 0.5) is 0 Å². The fourth-order valence-corrected chi connectivity index (χ4v) is 2.09. The molecule has 1 aliphatic carbocycles. The lowest BCUT2D eigenvalue weighted by atomic mass is 10.1. The Morgan fingerprint density at radius 1 is 1.39 bits per heavy atom. The first-order chi connectivity index (χ1) is 8.78. The molecule has 96 valence electrons. The molecule has 0 atom stereocenters. The predicted molar refractivity (Wildman–Crippen MR) is 74.1 cm³/mol. The van der Waals surface area contributed by atoms with E-state index in [1.807, 2.05) is 6.07 Å². The summed E-state index contributed by atoms with van der Waals surface area (Å²) in [6.45, 7) is 2.34. The Balaban J connectivity index is 1.91. The van der Waals surface area contributed by atoms with Gasteiger partial charge in [0, 0.05) is 25.1 Å². The summed E-state index contributed by atoms with van der Waals surface area (Å²) >= 11 is 0. The van der Waals surface area contributed by atoms with Crippen molar-refractivity contribution in [1.29, 1.82) is 0 Å². The monoisotopic (exact) mass is 243 g/mol. The van der Waals surface area contributed by atoms with Gasteiger partial charge in [0.1, 0.15) is 0 Å². The molecule has 0 unspecified atom stereocenters. The molecule has 0 radical (unpaired) electrons. The molecule has 2 heteroatoms. The summed E-state index contributed by atoms with van der Waals surface area (Å²) in [6, 6.07) is 8.38. The average molecular weight is 243 g/mol. The Kier molecular flexibility index (Phi) is 4.81. The minimum Gasteiger partial charge on any atom is -0.395 e. The maximum atomic E-state index is 8.70. The van der Waals surface area contributed by atoms with Crippen LogP contribution in [0.5, 0.6) is 0 Å². The van der Waals surface area contributed by atoms with Gasteiger partial charge in [-0.1, -0.05) is 24.0 Å². The highest BCUT2D eigenvalue weighted by atomic mass is 16.2. The topological polar surface area (TPSA) is 23.5 Å². The first-order valence-corrected chi connectivity index (χ1v) is 6.65. The molecule has 0 bridgehead atoms. The summed E-state index contributed by atoms with van der Waals surface area (Å²) in [6.07, 6.45) is 3.35. The van der Waals surface area contributed by atoms with Crippen molar-refractivity contribution in [2.45, 2.75) is 25.8 Å². The number of hydrogen-bond acceptors (Lipinski definition) is 2. The molecule has 1 aliphatic rings. The van der Waals surface area contributed by atoms with Gasteiger partial charge >= 0.3 is 0 Å². The van der Waals surface area contributed by atoms with Gasteiger partial charge in [-0.2, -0.15) is 0 Å². The van der Waals surface area contributed by atoms with Crippen molar-refractivity contribution in [1.82, 2.24) is 4.90 Å². The molecule has 2 nitrogen and oxygen atoms in total. The first-order valence-electron chi connectivity index (χ1n) is 6.65. The van der Waals surface area contributed by atoms with Gasteiger partial charge in [-0.25, -0.2) is 0 Å². The lowest BCUT2D eigenvalue weighted by molar-refractivity contribution is 0.305. The summed E-state index contributed by atoms with van der Waals surface area (Å²) in [5.41, 5.74) is 2.36. The summed E-state index contributed by atoms with van der Waals surface area (Å²) in [7, 11) is 2.18. The standard InChI is InChI=1S/C16H21NO/c1-17(12-15-8-9-15)13-16-7-4-6-14(11-16)5-2-3-10-18/h4,6-7,11,15,18H,3,8-10,12-13H2,1H3. The van der Waals surface area contributed by atoms with Crippen LogP contribution < -0.4 is 0 Å². The molecule has 0 heterocycles. The Hall–Kier alpha value is -1.30. The van der Waals surface area contributed by atoms with E-state index >= 15 is 0 Å². The van der Waals surface area contributed by atoms with Crippen molar-refractivity contribution in [2.75, 3.05) is 20.2 Å². The van der Waals surface area contributed by atoms with E-state index in [-0.39, 0.29) is 6.61 Å². The molecule has 1 aromatic carbocycles. The molecule has 0 aromatic heterocycles. The van der Waals surface area contributed by atoms with Gasteiger partial charge in [0.05, 0.1) is 6.61 Å². The smallest absolute Gasteiger partial charge is 0.0540 e. The van der Waals surface area contributed by atoms with E-state index in [2.05, 4.69) is 42.0 Å². The van der Waals surface area contributed by atoms with E-state index in [4.69, 9.17) is 5.11 Å². The van der Waals surface area contributed by atoms with Crippen LogP contribution in [-0.2, 0) is 6.54 Å². The van der Waals surface area contributed by atoms with Crippen LogP contribution in [0.25, 0.3) is 0 Å². The normalized spacial score (nSPS) is 14.4. The SMILES string of the molecule is CN(Cc1cccc(C#CCCO)c1)CC1CC1. The van der Waals surface area contributed by atoms with Crippen molar-refractivity contribution in [3.8, 4) is 11.8 Å². The minimum atomic E-state index is 0.136. The molecule has 2 rings (SSSR count). The third-order valence-electron chi connectivity index (χ3n) is 3.12. The van der Waals surface area contributed by atoms with Gasteiger partial charge in [-0.15, -0.1) is 0 Å². The number of aliphatic hydroxyl groups is 1. The highest BCUT2D eigenvalue weighted by Crippen LogP contribution is 2.29. The zero-order chi connectivity index (χ0) is 12.8. The molecule has 0 spiro atoms. The largest absolute Gasteiger partial charge is 0.395 e. The van der Waals surface area contributed by atoms with Crippen molar-refractivity contribution in [2.24, 2.45) is 5.92 Å². The van der Waals surface area contributed by atoms with Gasteiger partial charge in [0.15, 0.2) is 0 Å². The van der Waals surface area contributed by atoms with E-state index in [9.17, 15) is 0 Å². The minimum absolute atomic E-state index is 0.136. The lowest BCUT2D eigenvalue weighted by Crippen LogP contribution is -2.20. The molecule has 1 fully saturated rings. The van der Waals surface area contributed by atoms with Crippen LogP contribution in [0.15, 0.2) is 24.3 Å². The van der Waals surface area contributed by atoms with Crippen molar-refractivity contribution < 1.29 is 5.11 Å². The highest BCUT2D eigenvalue weighted by Gasteiger charge is 2.22. The second-order valence-electron chi connectivity index (χ2n) is 5.12.